The van der Waals surface area contributed by atoms with Crippen LogP contribution < -0.4 is 4.90 Å². The van der Waals surface area contributed by atoms with Crippen molar-refractivity contribution in [1.29, 1.82) is 0 Å². The molecule has 0 radical (unpaired) electrons. The maximum Gasteiger partial charge on any atom is 0.411 e. The van der Waals surface area contributed by atoms with E-state index in [9.17, 15) is 4.79 Å². The molecule has 0 spiro atoms. The molecule has 0 aliphatic carbocycles. The number of hydrogen-bond donors (Lipinski definition) is 1. The molecule has 0 aromatic carbocycles. The molecule has 0 saturated carbocycles. The molecule has 1 rings (SSSR count). The highest BCUT2D eigenvalue weighted by Gasteiger charge is 2.07. The molecule has 0 atom stereocenters. The number of hydrogen-bond acceptors (Lipinski definition) is 2. The van der Waals surface area contributed by atoms with Crippen molar-refractivity contribution in [3.05, 3.63) is 23.5 Å². The summed E-state index contributed by atoms with van der Waals surface area (Å²) in [6.45, 7) is 0. The predicted octanol–water partition coefficient (Wildman–Crippen LogP) is 1.85. The third-order valence-corrected chi connectivity index (χ3v) is 1.59. The number of carbonyl (C=O) groups is 1. The molecular weight excluding hydrogens is 180 g/mol. The monoisotopic (exact) mass is 186 g/mol. The summed E-state index contributed by atoms with van der Waals surface area (Å²) < 4.78 is 0. The molecule has 12 heavy (non-hydrogen) atoms. The zero-order valence-corrected chi connectivity index (χ0v) is 7.12. The van der Waals surface area contributed by atoms with Gasteiger partial charge in [-0.2, -0.15) is 0 Å². The third-order valence-electron chi connectivity index (χ3n) is 1.38. The van der Waals surface area contributed by atoms with Crippen LogP contribution in [0.15, 0.2) is 18.3 Å². The summed E-state index contributed by atoms with van der Waals surface area (Å²) in [5.74, 6) is 0. The van der Waals surface area contributed by atoms with Crippen LogP contribution in [-0.4, -0.2) is 23.2 Å². The normalized spacial score (nSPS) is 9.50. The molecule has 1 aromatic rings. The summed E-state index contributed by atoms with van der Waals surface area (Å²) in [5, 5.41) is 8.87. The van der Waals surface area contributed by atoms with Gasteiger partial charge in [-0.15, -0.1) is 0 Å². The van der Waals surface area contributed by atoms with Crippen LogP contribution in [0, 0.1) is 0 Å². The highest BCUT2D eigenvalue weighted by Crippen LogP contribution is 2.15. The Bertz CT molecular complexity index is 303. The van der Waals surface area contributed by atoms with Crippen molar-refractivity contribution >= 4 is 23.4 Å². The minimum atomic E-state index is -1.03. The Morgan fingerprint density at radius 2 is 2.42 bits per heavy atom. The summed E-state index contributed by atoms with van der Waals surface area (Å²) in [4.78, 5) is 15.3. The molecule has 1 amide bonds. The third kappa shape index (κ3) is 1.85. The standard InChI is InChI=1S/C7H7ClN2O2/c1-10(7(11)12)5-2-3-9-6(8)4-5/h2-4H,1H3,(H,11,12). The van der Waals surface area contributed by atoms with Crippen LogP contribution >= 0.6 is 11.6 Å². The zero-order valence-electron chi connectivity index (χ0n) is 6.36. The van der Waals surface area contributed by atoms with Crippen molar-refractivity contribution in [2.45, 2.75) is 0 Å². The highest BCUT2D eigenvalue weighted by atomic mass is 35.5. The van der Waals surface area contributed by atoms with Gasteiger partial charge in [0.15, 0.2) is 0 Å². The largest absolute Gasteiger partial charge is 0.465 e. The molecule has 0 bridgehead atoms. The Morgan fingerprint density at radius 3 is 2.92 bits per heavy atom. The first-order chi connectivity index (χ1) is 5.61. The second-order valence-electron chi connectivity index (χ2n) is 2.18. The maximum absolute atomic E-state index is 10.5. The lowest BCUT2D eigenvalue weighted by Gasteiger charge is -2.11. The van der Waals surface area contributed by atoms with Gasteiger partial charge in [-0.3, -0.25) is 4.90 Å². The summed E-state index contributed by atoms with van der Waals surface area (Å²) >= 11 is 5.56. The van der Waals surface area contributed by atoms with Crippen LogP contribution in [0.4, 0.5) is 10.5 Å². The fourth-order valence-corrected chi connectivity index (χ4v) is 0.879. The van der Waals surface area contributed by atoms with Crippen molar-refractivity contribution in [2.24, 2.45) is 0 Å². The van der Waals surface area contributed by atoms with Gasteiger partial charge in [-0.25, -0.2) is 9.78 Å². The first-order valence-electron chi connectivity index (χ1n) is 3.19. The minimum Gasteiger partial charge on any atom is -0.465 e. The summed E-state index contributed by atoms with van der Waals surface area (Å²) in [7, 11) is 1.44. The van der Waals surface area contributed by atoms with Crippen LogP contribution in [0.1, 0.15) is 0 Å². The van der Waals surface area contributed by atoms with E-state index in [2.05, 4.69) is 4.98 Å². The van der Waals surface area contributed by atoms with Gasteiger partial charge in [0, 0.05) is 13.2 Å². The molecule has 0 aliphatic heterocycles. The van der Waals surface area contributed by atoms with Gasteiger partial charge < -0.3 is 5.11 Å². The Balaban J connectivity index is 2.95. The Labute approximate surface area is 74.4 Å². The number of pyridine rings is 1. The van der Waals surface area contributed by atoms with Crippen LogP contribution in [0.5, 0.6) is 0 Å². The zero-order chi connectivity index (χ0) is 9.14. The number of anilines is 1. The van der Waals surface area contributed by atoms with Crippen LogP contribution in [0.2, 0.25) is 5.15 Å². The van der Waals surface area contributed by atoms with Gasteiger partial charge in [0.25, 0.3) is 0 Å². The minimum absolute atomic E-state index is 0.278. The Kier molecular flexibility index (Phi) is 2.50. The summed E-state index contributed by atoms with van der Waals surface area (Å²) in [6, 6.07) is 3.05. The van der Waals surface area contributed by atoms with Crippen molar-refractivity contribution in [1.82, 2.24) is 4.98 Å². The SMILES string of the molecule is CN(C(=O)O)c1ccnc(Cl)c1. The molecule has 1 aromatic heterocycles. The van der Waals surface area contributed by atoms with Crippen LogP contribution in [0.3, 0.4) is 0 Å². The molecule has 0 aliphatic rings. The lowest BCUT2D eigenvalue weighted by molar-refractivity contribution is 0.203. The van der Waals surface area contributed by atoms with Gasteiger partial charge in [0.1, 0.15) is 5.15 Å². The van der Waals surface area contributed by atoms with Crippen molar-refractivity contribution < 1.29 is 9.90 Å². The van der Waals surface area contributed by atoms with Crippen molar-refractivity contribution in [2.75, 3.05) is 11.9 Å². The van der Waals surface area contributed by atoms with Gasteiger partial charge in [0.2, 0.25) is 0 Å². The molecule has 0 saturated heterocycles. The molecule has 5 heteroatoms. The number of rotatable bonds is 1. The van der Waals surface area contributed by atoms with Crippen LogP contribution in [-0.2, 0) is 0 Å². The van der Waals surface area contributed by atoms with E-state index in [4.69, 9.17) is 16.7 Å². The number of amides is 1. The second kappa shape index (κ2) is 3.40. The molecule has 1 N–H and O–H groups in total. The maximum atomic E-state index is 10.5. The molecule has 4 nitrogen and oxygen atoms in total. The fourth-order valence-electron chi connectivity index (χ4n) is 0.711. The number of aromatic nitrogens is 1. The fraction of sp³-hybridized carbons (Fsp3) is 0.143. The van der Waals surface area contributed by atoms with Gasteiger partial charge in [-0.1, -0.05) is 11.6 Å². The lowest BCUT2D eigenvalue weighted by atomic mass is 10.4. The lowest BCUT2D eigenvalue weighted by Crippen LogP contribution is -2.23. The van der Waals surface area contributed by atoms with E-state index in [0.29, 0.717) is 5.69 Å². The highest BCUT2D eigenvalue weighted by molar-refractivity contribution is 6.29. The van der Waals surface area contributed by atoms with Crippen molar-refractivity contribution in [3.8, 4) is 0 Å². The molecule has 0 unspecified atom stereocenters. The van der Waals surface area contributed by atoms with E-state index >= 15 is 0 Å². The van der Waals surface area contributed by atoms with Crippen molar-refractivity contribution in [3.63, 3.8) is 0 Å². The number of carboxylic acid groups (broad SMARTS) is 1. The first-order valence-corrected chi connectivity index (χ1v) is 3.57. The molecule has 0 fully saturated rings. The van der Waals surface area contributed by atoms with E-state index in [-0.39, 0.29) is 5.15 Å². The van der Waals surface area contributed by atoms with E-state index in [1.165, 1.54) is 19.3 Å². The smallest absolute Gasteiger partial charge is 0.411 e. The van der Waals surface area contributed by atoms with Gasteiger partial charge >= 0.3 is 6.09 Å². The molecule has 1 heterocycles. The first kappa shape index (κ1) is 8.80. The molecule has 64 valence electrons. The quantitative estimate of drug-likeness (QED) is 0.681. The van der Waals surface area contributed by atoms with E-state index in [1.807, 2.05) is 0 Å². The van der Waals surface area contributed by atoms with Crippen LogP contribution in [0.25, 0.3) is 0 Å². The van der Waals surface area contributed by atoms with Gasteiger partial charge in [-0.05, 0) is 12.1 Å². The second-order valence-corrected chi connectivity index (χ2v) is 2.57. The van der Waals surface area contributed by atoms with E-state index in [0.717, 1.165) is 4.90 Å². The average Bonchev–Trinajstić information content (AvgIpc) is 2.03. The molecular formula is C7H7ClN2O2. The Morgan fingerprint density at radius 1 is 1.75 bits per heavy atom. The summed E-state index contributed by atoms with van der Waals surface area (Å²) in [6.07, 6.45) is 0.425. The number of halogens is 1. The average molecular weight is 187 g/mol. The number of nitrogens with zero attached hydrogens (tertiary/aromatic N) is 2. The van der Waals surface area contributed by atoms with Gasteiger partial charge in [0.05, 0.1) is 5.69 Å². The van der Waals surface area contributed by atoms with E-state index < -0.39 is 6.09 Å². The van der Waals surface area contributed by atoms with E-state index in [1.54, 1.807) is 6.07 Å². The Hall–Kier alpha value is -1.29. The summed E-state index contributed by atoms with van der Waals surface area (Å²) in [5.41, 5.74) is 0.502. The predicted molar refractivity (Wildman–Crippen MR) is 45.7 cm³/mol. The topological polar surface area (TPSA) is 53.4 Å².